The van der Waals surface area contributed by atoms with Gasteiger partial charge in [0.2, 0.25) is 0 Å². The Morgan fingerprint density at radius 3 is 1.67 bits per heavy atom. The van der Waals surface area contributed by atoms with Gasteiger partial charge in [-0.1, -0.05) is 0 Å². The zero-order valence-electron chi connectivity index (χ0n) is 13.8. The van der Waals surface area contributed by atoms with E-state index in [1.54, 1.807) is 11.1 Å². The van der Waals surface area contributed by atoms with Crippen LogP contribution in [0.15, 0.2) is 42.0 Å². The molecule has 2 rings (SSSR count). The second kappa shape index (κ2) is 10.0. The monoisotopic (exact) mass is 382 g/mol. The molecule has 2 aliphatic rings. The molecule has 0 N–H and O–H groups in total. The van der Waals surface area contributed by atoms with Gasteiger partial charge < -0.3 is 12.4 Å². The molecule has 0 saturated heterocycles. The van der Waals surface area contributed by atoms with E-state index in [1.807, 2.05) is 6.56 Å². The van der Waals surface area contributed by atoms with Crippen molar-refractivity contribution >= 4 is 0 Å². The molecule has 0 unspecified atom stereocenters. The zero-order chi connectivity index (χ0) is 14.4. The van der Waals surface area contributed by atoms with E-state index in [2.05, 4.69) is 42.8 Å². The van der Waals surface area contributed by atoms with Gasteiger partial charge in [0.1, 0.15) is 0 Å². The summed E-state index contributed by atoms with van der Waals surface area (Å²) in [5.74, 6) is 0. The van der Waals surface area contributed by atoms with Crippen molar-refractivity contribution in [2.45, 2.75) is 69.8 Å². The molecule has 0 aliphatic heterocycles. The van der Waals surface area contributed by atoms with E-state index < -0.39 is 21.8 Å². The summed E-state index contributed by atoms with van der Waals surface area (Å²) >= 11 is -1.51. The fraction of sp³-hybridized carbons (Fsp3) is 0.579. The number of hydrogen-bond donors (Lipinski definition) is 0. The van der Waals surface area contributed by atoms with E-state index in [9.17, 15) is 0 Å². The predicted molar refractivity (Wildman–Crippen MR) is 86.5 cm³/mol. The van der Waals surface area contributed by atoms with Crippen molar-refractivity contribution < 1.29 is 34.2 Å². The van der Waals surface area contributed by atoms with Crippen molar-refractivity contribution in [2.24, 2.45) is 0 Å². The first-order chi connectivity index (χ1) is 9.77. The maximum Gasteiger partial charge on any atom is -1.00 e. The van der Waals surface area contributed by atoms with Crippen LogP contribution in [0.2, 0.25) is 4.63 Å². The smallest absolute Gasteiger partial charge is 1.00 e. The van der Waals surface area contributed by atoms with Crippen LogP contribution in [0.25, 0.3) is 0 Å². The Hall–Kier alpha value is 0.133. The first-order valence-electron chi connectivity index (χ1n) is 8.39. The third kappa shape index (κ3) is 5.07. The first-order valence-corrected chi connectivity index (χ1v) is 13.3. The summed E-state index contributed by atoms with van der Waals surface area (Å²) < 4.78 is 6.42. The van der Waals surface area contributed by atoms with Gasteiger partial charge >= 0.3 is 134 Å². The average molecular weight is 384 g/mol. The number of hydrogen-bond acceptors (Lipinski definition) is 0. The van der Waals surface area contributed by atoms with Gasteiger partial charge in [0.05, 0.1) is 0 Å². The zero-order valence-corrected chi connectivity index (χ0v) is 17.1. The molecule has 0 heterocycles. The van der Waals surface area contributed by atoms with Crippen LogP contribution < -0.4 is 12.4 Å². The molecule has 0 nitrogen and oxygen atoms in total. The van der Waals surface area contributed by atoms with E-state index in [1.165, 1.54) is 51.4 Å². The minimum absolute atomic E-state index is 0. The van der Waals surface area contributed by atoms with Gasteiger partial charge in [-0.25, -0.2) is 0 Å². The third-order valence-electron chi connectivity index (χ3n) is 4.56. The van der Waals surface area contributed by atoms with E-state index in [4.69, 9.17) is 0 Å². The first kappa shape index (κ1) is 19.2. The molecule has 21 heavy (non-hydrogen) atoms. The third-order valence-corrected chi connectivity index (χ3v) is 11.6. The van der Waals surface area contributed by atoms with Crippen molar-refractivity contribution in [2.75, 3.05) is 0 Å². The Labute approximate surface area is 145 Å². The molecule has 0 aromatic carbocycles. The molecule has 0 radical (unpaired) electrons. The van der Waals surface area contributed by atoms with Crippen molar-refractivity contribution in [3.8, 4) is 0 Å². The second-order valence-electron chi connectivity index (χ2n) is 6.05. The minimum atomic E-state index is -1.51. The number of rotatable bonds is 8. The molecule has 0 bridgehead atoms. The minimum Gasteiger partial charge on any atom is -1.00 e. The largest absolute Gasteiger partial charge is 1.00 e. The summed E-state index contributed by atoms with van der Waals surface area (Å²) in [4.78, 5) is 0. The van der Waals surface area contributed by atoms with E-state index in [0.29, 0.717) is 0 Å². The quantitative estimate of drug-likeness (QED) is 0.602. The molecule has 0 amide bonds. The molecule has 0 atom stereocenters. The van der Waals surface area contributed by atoms with Crippen molar-refractivity contribution in [3.05, 3.63) is 42.0 Å². The number of unbranched alkanes of at least 4 members (excludes halogenated alkanes) is 2. The molecule has 0 aromatic rings. The molecule has 2 heteroatoms. The SMILES string of the molecule is CCCCC1=[C]([Zr+]([CH3])[C]2=C(CCCC)C=CC2)CC=C1.[Cl-]. The molecule has 116 valence electrons. The van der Waals surface area contributed by atoms with Crippen LogP contribution in [0.1, 0.15) is 65.2 Å². The van der Waals surface area contributed by atoms with E-state index >= 15 is 0 Å². The van der Waals surface area contributed by atoms with Gasteiger partial charge in [-0.05, 0) is 0 Å². The van der Waals surface area contributed by atoms with Gasteiger partial charge in [0.25, 0.3) is 0 Å². The molecule has 0 saturated carbocycles. The topological polar surface area (TPSA) is 0 Å². The Morgan fingerprint density at radius 1 is 0.857 bits per heavy atom. The average Bonchev–Trinajstić information content (AvgIpc) is 3.10. The van der Waals surface area contributed by atoms with E-state index in [0.717, 1.165) is 0 Å². The molecule has 2 aliphatic carbocycles. The summed E-state index contributed by atoms with van der Waals surface area (Å²) in [5, 5.41) is 0. The van der Waals surface area contributed by atoms with Gasteiger partial charge in [-0.15, -0.1) is 0 Å². The molecule has 0 spiro atoms. The summed E-state index contributed by atoms with van der Waals surface area (Å²) in [7, 11) is 0. The van der Waals surface area contributed by atoms with Gasteiger partial charge in [0.15, 0.2) is 0 Å². The van der Waals surface area contributed by atoms with Crippen LogP contribution in [-0.4, -0.2) is 0 Å². The summed E-state index contributed by atoms with van der Waals surface area (Å²) in [6.07, 6.45) is 20.3. The fourth-order valence-corrected chi connectivity index (χ4v) is 9.65. The molecular formula is C19H29ClZr. The molecular weight excluding hydrogens is 355 g/mol. The van der Waals surface area contributed by atoms with Crippen LogP contribution in [0.3, 0.4) is 0 Å². The summed E-state index contributed by atoms with van der Waals surface area (Å²) in [5.41, 5.74) is 3.44. The van der Waals surface area contributed by atoms with Gasteiger partial charge in [-0.2, -0.15) is 0 Å². The number of halogens is 1. The Balaban J connectivity index is 0.00000220. The second-order valence-corrected chi connectivity index (χ2v) is 12.1. The van der Waals surface area contributed by atoms with Crippen LogP contribution in [-0.2, 0) is 21.8 Å². The van der Waals surface area contributed by atoms with Crippen LogP contribution in [0.4, 0.5) is 0 Å². The predicted octanol–water partition coefficient (Wildman–Crippen LogP) is 3.47. The fourth-order valence-electron chi connectivity index (χ4n) is 3.27. The molecule has 0 fully saturated rings. The van der Waals surface area contributed by atoms with E-state index in [-0.39, 0.29) is 12.4 Å². The van der Waals surface area contributed by atoms with Crippen molar-refractivity contribution in [1.29, 1.82) is 0 Å². The van der Waals surface area contributed by atoms with Crippen LogP contribution >= 0.6 is 0 Å². The number of allylic oxidation sites excluding steroid dienone is 8. The van der Waals surface area contributed by atoms with Gasteiger partial charge in [-0.3, -0.25) is 0 Å². The maximum absolute atomic E-state index is 2.63. The van der Waals surface area contributed by atoms with Crippen LogP contribution in [0.5, 0.6) is 0 Å². The maximum atomic E-state index is 2.63. The molecule has 0 aromatic heterocycles. The van der Waals surface area contributed by atoms with Crippen molar-refractivity contribution in [3.63, 3.8) is 0 Å². The van der Waals surface area contributed by atoms with Crippen molar-refractivity contribution in [1.82, 2.24) is 0 Å². The normalized spacial score (nSPS) is 16.9. The van der Waals surface area contributed by atoms with Crippen LogP contribution in [0, 0.1) is 0 Å². The Morgan fingerprint density at radius 2 is 1.29 bits per heavy atom. The Bertz CT molecular complexity index is 412. The standard InChI is InChI=1S/2C9H13.CH3.ClH.Zr/c2*1-2-3-6-9-7-4-5-8-9;;;/h2*4,7H,2-3,5-6H2,1H3;1H3;1H;/q;;;;+1/p-1. The summed E-state index contributed by atoms with van der Waals surface area (Å²) in [6.45, 7) is 4.60. The summed E-state index contributed by atoms with van der Waals surface area (Å²) in [6, 6.07) is 0. The van der Waals surface area contributed by atoms with Gasteiger partial charge in [0, 0.05) is 0 Å². The Kier molecular flexibility index (Phi) is 9.14.